The summed E-state index contributed by atoms with van der Waals surface area (Å²) in [5, 5.41) is 0. The number of halogens is 2. The number of carbonyl (C=O) groups is 1. The lowest BCUT2D eigenvalue weighted by molar-refractivity contribution is 0.0528. The summed E-state index contributed by atoms with van der Waals surface area (Å²) in [5.41, 5.74) is 0.640. The van der Waals surface area contributed by atoms with E-state index in [1.807, 2.05) is 0 Å². The quantitative estimate of drug-likeness (QED) is 0.791. The van der Waals surface area contributed by atoms with Crippen LogP contribution in [0.1, 0.15) is 35.1 Å². The van der Waals surface area contributed by atoms with Crippen molar-refractivity contribution >= 4 is 11.6 Å². The maximum absolute atomic E-state index is 12.7. The third-order valence-corrected chi connectivity index (χ3v) is 2.55. The Bertz CT molecular complexity index is 593. The van der Waals surface area contributed by atoms with Crippen LogP contribution in [0.2, 0.25) is 0 Å². The minimum atomic E-state index is -2.67. The van der Waals surface area contributed by atoms with Crippen LogP contribution in [0.15, 0.2) is 18.3 Å². The number of rotatable bonds is 3. The summed E-state index contributed by atoms with van der Waals surface area (Å²) in [6.07, 6.45) is -1.06. The molecule has 0 spiro atoms. The molecule has 0 atom stereocenters. The molecule has 2 aromatic heterocycles. The molecule has 0 N–H and O–H groups in total. The Morgan fingerprint density at radius 2 is 2.28 bits per heavy atom. The molecular formula is C12H12F2N2O2. The highest BCUT2D eigenvalue weighted by molar-refractivity contribution is 5.96. The molecular weight excluding hydrogens is 242 g/mol. The number of aryl methyl sites for hydroxylation is 1. The van der Waals surface area contributed by atoms with E-state index in [-0.39, 0.29) is 23.5 Å². The fourth-order valence-corrected chi connectivity index (χ4v) is 1.74. The first-order valence-corrected chi connectivity index (χ1v) is 5.48. The Morgan fingerprint density at radius 1 is 1.56 bits per heavy atom. The molecule has 0 saturated heterocycles. The zero-order valence-corrected chi connectivity index (χ0v) is 9.98. The monoisotopic (exact) mass is 254 g/mol. The second-order valence-corrected chi connectivity index (χ2v) is 3.77. The van der Waals surface area contributed by atoms with Gasteiger partial charge in [0.15, 0.2) is 5.65 Å². The largest absolute Gasteiger partial charge is 0.462 e. The zero-order chi connectivity index (χ0) is 13.3. The lowest BCUT2D eigenvalue weighted by Crippen LogP contribution is -2.06. The Balaban J connectivity index is 2.60. The van der Waals surface area contributed by atoms with E-state index < -0.39 is 12.4 Å². The number of ether oxygens (including phenoxy) is 1. The fourth-order valence-electron chi connectivity index (χ4n) is 1.74. The van der Waals surface area contributed by atoms with Crippen molar-refractivity contribution < 1.29 is 18.3 Å². The molecule has 0 aliphatic rings. The van der Waals surface area contributed by atoms with E-state index in [4.69, 9.17) is 4.74 Å². The van der Waals surface area contributed by atoms with Gasteiger partial charge in [0, 0.05) is 11.9 Å². The molecule has 18 heavy (non-hydrogen) atoms. The van der Waals surface area contributed by atoms with E-state index in [1.165, 1.54) is 12.1 Å². The predicted octanol–water partition coefficient (Wildman–Crippen LogP) is 2.76. The highest BCUT2D eigenvalue weighted by Crippen LogP contribution is 2.21. The molecule has 0 unspecified atom stereocenters. The minimum Gasteiger partial charge on any atom is -0.462 e. The minimum absolute atomic E-state index is 0.197. The van der Waals surface area contributed by atoms with Gasteiger partial charge in [-0.1, -0.05) is 0 Å². The average molecular weight is 254 g/mol. The molecule has 0 fully saturated rings. The van der Waals surface area contributed by atoms with Crippen LogP contribution in [0, 0.1) is 6.92 Å². The van der Waals surface area contributed by atoms with Crippen LogP contribution < -0.4 is 0 Å². The third-order valence-electron chi connectivity index (χ3n) is 2.55. The SMILES string of the molecule is CCOC(=O)c1ccn2c(C)cc(C(F)F)nc12. The fraction of sp³-hybridized carbons (Fsp3) is 0.333. The summed E-state index contributed by atoms with van der Waals surface area (Å²) in [5.74, 6) is -0.557. The number of nitrogens with zero attached hydrogens (tertiary/aromatic N) is 2. The van der Waals surface area contributed by atoms with E-state index in [1.54, 1.807) is 24.4 Å². The number of alkyl halides is 2. The van der Waals surface area contributed by atoms with Crippen LogP contribution in [-0.4, -0.2) is 22.0 Å². The molecule has 0 aliphatic heterocycles. The predicted molar refractivity (Wildman–Crippen MR) is 60.8 cm³/mol. The van der Waals surface area contributed by atoms with Crippen molar-refractivity contribution in [1.82, 2.24) is 9.38 Å². The van der Waals surface area contributed by atoms with Gasteiger partial charge in [0.2, 0.25) is 0 Å². The molecule has 2 rings (SSSR count). The summed E-state index contributed by atoms with van der Waals surface area (Å²) < 4.78 is 31.8. The molecule has 4 nitrogen and oxygen atoms in total. The Kier molecular flexibility index (Phi) is 3.27. The lowest BCUT2D eigenvalue weighted by atomic mass is 10.3. The summed E-state index contributed by atoms with van der Waals surface area (Å²) in [6.45, 7) is 3.58. The second kappa shape index (κ2) is 4.72. The van der Waals surface area contributed by atoms with Gasteiger partial charge in [-0.05, 0) is 26.0 Å². The highest BCUT2D eigenvalue weighted by Gasteiger charge is 2.18. The van der Waals surface area contributed by atoms with Gasteiger partial charge < -0.3 is 9.14 Å². The topological polar surface area (TPSA) is 43.6 Å². The molecule has 0 amide bonds. The number of esters is 1. The first kappa shape index (κ1) is 12.5. The van der Waals surface area contributed by atoms with E-state index >= 15 is 0 Å². The van der Waals surface area contributed by atoms with Gasteiger partial charge in [0.05, 0.1) is 6.61 Å². The number of hydrogen-bond donors (Lipinski definition) is 0. The normalized spacial score (nSPS) is 11.2. The zero-order valence-electron chi connectivity index (χ0n) is 9.98. The van der Waals surface area contributed by atoms with Crippen molar-refractivity contribution in [3.63, 3.8) is 0 Å². The first-order chi connectivity index (χ1) is 8.54. The molecule has 0 aliphatic carbocycles. The van der Waals surface area contributed by atoms with Gasteiger partial charge in [0.1, 0.15) is 11.3 Å². The van der Waals surface area contributed by atoms with Crippen molar-refractivity contribution in [3.8, 4) is 0 Å². The standard InChI is InChI=1S/C12H12F2N2O2/c1-3-18-12(17)8-4-5-16-7(2)6-9(10(13)14)15-11(8)16/h4-6,10H,3H2,1-2H3. The number of carbonyl (C=O) groups excluding carboxylic acids is 1. The number of fused-ring (bicyclic) bond motifs is 1. The van der Waals surface area contributed by atoms with E-state index in [9.17, 15) is 13.6 Å². The van der Waals surface area contributed by atoms with Crippen LogP contribution in [0.4, 0.5) is 8.78 Å². The molecule has 0 bridgehead atoms. The molecule has 0 saturated carbocycles. The molecule has 0 radical (unpaired) electrons. The molecule has 2 aromatic rings. The van der Waals surface area contributed by atoms with Gasteiger partial charge in [-0.25, -0.2) is 18.6 Å². The Hall–Kier alpha value is -1.98. The van der Waals surface area contributed by atoms with Crippen molar-refractivity contribution in [1.29, 1.82) is 0 Å². The van der Waals surface area contributed by atoms with Crippen LogP contribution in [0.3, 0.4) is 0 Å². The summed E-state index contributed by atoms with van der Waals surface area (Å²) in [4.78, 5) is 15.5. The van der Waals surface area contributed by atoms with Gasteiger partial charge in [-0.3, -0.25) is 0 Å². The maximum atomic E-state index is 12.7. The van der Waals surface area contributed by atoms with Gasteiger partial charge in [0.25, 0.3) is 6.43 Å². The second-order valence-electron chi connectivity index (χ2n) is 3.77. The summed E-state index contributed by atoms with van der Waals surface area (Å²) in [6, 6.07) is 2.81. The van der Waals surface area contributed by atoms with E-state index in [2.05, 4.69) is 4.98 Å². The van der Waals surface area contributed by atoms with Gasteiger partial charge in [-0.15, -0.1) is 0 Å². The van der Waals surface area contributed by atoms with Crippen molar-refractivity contribution in [3.05, 3.63) is 35.3 Å². The van der Waals surface area contributed by atoms with E-state index in [0.29, 0.717) is 5.69 Å². The number of hydrogen-bond acceptors (Lipinski definition) is 3. The van der Waals surface area contributed by atoms with Crippen LogP contribution in [-0.2, 0) is 4.74 Å². The lowest BCUT2D eigenvalue weighted by Gasteiger charge is -2.06. The number of aromatic nitrogens is 2. The van der Waals surface area contributed by atoms with Crippen LogP contribution in [0.5, 0.6) is 0 Å². The molecule has 2 heterocycles. The smallest absolute Gasteiger partial charge is 0.341 e. The molecule has 0 aromatic carbocycles. The van der Waals surface area contributed by atoms with Gasteiger partial charge >= 0.3 is 5.97 Å². The third kappa shape index (κ3) is 2.05. The van der Waals surface area contributed by atoms with E-state index in [0.717, 1.165) is 0 Å². The van der Waals surface area contributed by atoms with Gasteiger partial charge in [-0.2, -0.15) is 0 Å². The van der Waals surface area contributed by atoms with Crippen molar-refractivity contribution in [2.75, 3.05) is 6.61 Å². The molecule has 96 valence electrons. The van der Waals surface area contributed by atoms with Crippen LogP contribution in [0.25, 0.3) is 5.65 Å². The highest BCUT2D eigenvalue weighted by atomic mass is 19.3. The van der Waals surface area contributed by atoms with Crippen molar-refractivity contribution in [2.45, 2.75) is 20.3 Å². The maximum Gasteiger partial charge on any atom is 0.341 e. The van der Waals surface area contributed by atoms with Crippen LogP contribution >= 0.6 is 0 Å². The Morgan fingerprint density at radius 3 is 2.89 bits per heavy atom. The Labute approximate surface area is 102 Å². The summed E-state index contributed by atoms with van der Waals surface area (Å²) in [7, 11) is 0. The first-order valence-electron chi connectivity index (χ1n) is 5.48. The average Bonchev–Trinajstić information content (AvgIpc) is 2.73. The summed E-state index contributed by atoms with van der Waals surface area (Å²) >= 11 is 0. The van der Waals surface area contributed by atoms with Crippen molar-refractivity contribution in [2.24, 2.45) is 0 Å². The molecule has 6 heteroatoms.